The number of ether oxygens (including phenoxy) is 1. The Hall–Kier alpha value is -1.40. The molecule has 6 heterocycles. The number of amides is 1. The molecule has 22 heavy (non-hydrogen) atoms. The predicted octanol–water partition coefficient (Wildman–Crippen LogP) is -0.0528. The number of carboxylic acid groups (broad SMARTS) is 1. The molecule has 0 aliphatic carbocycles. The van der Waals surface area contributed by atoms with E-state index >= 15 is 0 Å². The van der Waals surface area contributed by atoms with Crippen LogP contribution in [0.15, 0.2) is 12.2 Å². The number of carboxylic acids is 1. The van der Waals surface area contributed by atoms with Crippen LogP contribution in [-0.2, 0) is 14.3 Å². The molecule has 118 valence electrons. The summed E-state index contributed by atoms with van der Waals surface area (Å²) in [7, 11) is 0. The standard InChI is InChI=1S/C16H20N2O4/c19-14-13-12(15(20)21)11-1-4-16(13,22-11)8-18(14)10-7-17-5-2-9(10)3-6-17/h1,4,9-13H,2-3,5-8H2,(H,20,21)/t10-,11+,12+,13+,16-/m1/s1. The molecule has 0 aromatic rings. The van der Waals surface area contributed by atoms with Gasteiger partial charge in [-0.2, -0.15) is 0 Å². The van der Waals surface area contributed by atoms with Gasteiger partial charge in [0.25, 0.3) is 0 Å². The van der Waals surface area contributed by atoms with Gasteiger partial charge in [-0.15, -0.1) is 0 Å². The van der Waals surface area contributed by atoms with Crippen LogP contribution < -0.4 is 0 Å². The van der Waals surface area contributed by atoms with Crippen molar-refractivity contribution in [3.8, 4) is 0 Å². The van der Waals surface area contributed by atoms with E-state index in [2.05, 4.69) is 4.90 Å². The summed E-state index contributed by atoms with van der Waals surface area (Å²) in [6.45, 7) is 3.73. The van der Waals surface area contributed by atoms with Crippen LogP contribution in [-0.4, -0.2) is 70.7 Å². The maximum atomic E-state index is 13.0. The summed E-state index contributed by atoms with van der Waals surface area (Å²) in [4.78, 5) is 29.0. The number of likely N-dealkylation sites (tertiary alicyclic amines) is 1. The first-order valence-corrected chi connectivity index (χ1v) is 8.22. The van der Waals surface area contributed by atoms with Crippen molar-refractivity contribution in [2.75, 3.05) is 26.2 Å². The first-order valence-electron chi connectivity index (χ1n) is 8.22. The maximum absolute atomic E-state index is 13.0. The number of nitrogens with zero attached hydrogens (tertiary/aromatic N) is 2. The third-order valence-electron chi connectivity index (χ3n) is 6.44. The molecule has 4 bridgehead atoms. The van der Waals surface area contributed by atoms with Crippen molar-refractivity contribution < 1.29 is 19.4 Å². The van der Waals surface area contributed by atoms with Gasteiger partial charge in [-0.25, -0.2) is 0 Å². The highest BCUT2D eigenvalue weighted by Gasteiger charge is 2.68. The van der Waals surface area contributed by atoms with Crippen molar-refractivity contribution in [1.82, 2.24) is 9.80 Å². The topological polar surface area (TPSA) is 70.1 Å². The summed E-state index contributed by atoms with van der Waals surface area (Å²) < 4.78 is 5.96. The molecule has 0 unspecified atom stereocenters. The van der Waals surface area contributed by atoms with E-state index in [0.29, 0.717) is 12.5 Å². The second-order valence-electron chi connectivity index (χ2n) is 7.41. The van der Waals surface area contributed by atoms with Crippen LogP contribution in [0.4, 0.5) is 0 Å². The average molecular weight is 304 g/mol. The smallest absolute Gasteiger partial charge is 0.310 e. The average Bonchev–Trinajstić information content (AvgIpc) is 3.16. The number of rotatable bonds is 2. The Balaban J connectivity index is 1.48. The molecule has 5 atom stereocenters. The number of piperidine rings is 3. The second-order valence-corrected chi connectivity index (χ2v) is 7.41. The van der Waals surface area contributed by atoms with Gasteiger partial charge in [0.05, 0.1) is 18.6 Å². The highest BCUT2D eigenvalue weighted by atomic mass is 16.5. The molecule has 0 saturated carbocycles. The van der Waals surface area contributed by atoms with Crippen molar-refractivity contribution in [3.63, 3.8) is 0 Å². The first kappa shape index (κ1) is 13.1. The summed E-state index contributed by atoms with van der Waals surface area (Å²) in [6, 6.07) is 0.237. The largest absolute Gasteiger partial charge is 0.481 e. The Kier molecular flexibility index (Phi) is 2.45. The Bertz CT molecular complexity index is 583. The van der Waals surface area contributed by atoms with E-state index in [-0.39, 0.29) is 11.9 Å². The Labute approximate surface area is 128 Å². The normalized spacial score (nSPS) is 51.6. The fourth-order valence-corrected chi connectivity index (χ4v) is 5.38. The Morgan fingerprint density at radius 3 is 2.77 bits per heavy atom. The highest BCUT2D eigenvalue weighted by Crippen LogP contribution is 2.53. The van der Waals surface area contributed by atoms with Crippen LogP contribution in [0, 0.1) is 17.8 Å². The number of carbonyl (C=O) groups excluding carboxylic acids is 1. The van der Waals surface area contributed by atoms with E-state index in [1.807, 2.05) is 17.1 Å². The van der Waals surface area contributed by atoms with Gasteiger partial charge in [0.2, 0.25) is 5.91 Å². The first-order chi connectivity index (χ1) is 10.6. The summed E-state index contributed by atoms with van der Waals surface area (Å²) in [5.74, 6) is -1.60. The lowest BCUT2D eigenvalue weighted by atomic mass is 9.77. The molecular weight excluding hydrogens is 284 g/mol. The summed E-state index contributed by atoms with van der Waals surface area (Å²) in [6.07, 6.45) is 5.64. The van der Waals surface area contributed by atoms with Crippen LogP contribution in [0.3, 0.4) is 0 Å². The molecule has 1 N–H and O–H groups in total. The third kappa shape index (κ3) is 1.47. The van der Waals surface area contributed by atoms with Gasteiger partial charge in [-0.05, 0) is 31.8 Å². The van der Waals surface area contributed by atoms with E-state index in [0.717, 1.165) is 32.5 Å². The minimum absolute atomic E-state index is 0.00185. The summed E-state index contributed by atoms with van der Waals surface area (Å²) in [5.41, 5.74) is -0.684. The van der Waals surface area contributed by atoms with Crippen molar-refractivity contribution in [2.45, 2.75) is 30.6 Å². The summed E-state index contributed by atoms with van der Waals surface area (Å²) in [5, 5.41) is 9.51. The molecule has 5 fully saturated rings. The molecule has 0 radical (unpaired) electrons. The van der Waals surface area contributed by atoms with Gasteiger partial charge in [-0.1, -0.05) is 12.2 Å². The molecule has 6 heteroatoms. The van der Waals surface area contributed by atoms with E-state index in [9.17, 15) is 14.7 Å². The molecular formula is C16H20N2O4. The zero-order valence-corrected chi connectivity index (χ0v) is 12.4. The van der Waals surface area contributed by atoms with E-state index in [1.165, 1.54) is 0 Å². The van der Waals surface area contributed by atoms with Gasteiger partial charge in [0.15, 0.2) is 0 Å². The van der Waals surface area contributed by atoms with Crippen molar-refractivity contribution in [2.24, 2.45) is 17.8 Å². The van der Waals surface area contributed by atoms with E-state index in [4.69, 9.17) is 4.74 Å². The van der Waals surface area contributed by atoms with Crippen LogP contribution >= 0.6 is 0 Å². The van der Waals surface area contributed by atoms with Crippen molar-refractivity contribution in [1.29, 1.82) is 0 Å². The zero-order chi connectivity index (χ0) is 15.1. The lowest BCUT2D eigenvalue weighted by Crippen LogP contribution is -2.58. The molecule has 6 aliphatic heterocycles. The number of aliphatic carboxylic acids is 1. The molecule has 1 amide bonds. The fraction of sp³-hybridized carbons (Fsp3) is 0.750. The van der Waals surface area contributed by atoms with Crippen molar-refractivity contribution in [3.05, 3.63) is 12.2 Å². The summed E-state index contributed by atoms with van der Waals surface area (Å²) >= 11 is 0. The van der Waals surface area contributed by atoms with Gasteiger partial charge >= 0.3 is 5.97 Å². The highest BCUT2D eigenvalue weighted by molar-refractivity contribution is 5.91. The molecule has 6 aliphatic rings. The predicted molar refractivity (Wildman–Crippen MR) is 76.0 cm³/mol. The number of fused-ring (bicyclic) bond motifs is 4. The molecule has 0 aromatic carbocycles. The SMILES string of the molecule is O=C(O)[C@H]1[C@@H]2C=C[C@]3(CN([C@@H]4CN5CCC4CC5)C(=O)[C@H]13)O2. The second kappa shape index (κ2) is 4.11. The van der Waals surface area contributed by atoms with Gasteiger partial charge in [0.1, 0.15) is 11.5 Å². The van der Waals surface area contributed by atoms with Gasteiger partial charge < -0.3 is 19.6 Å². The fourth-order valence-electron chi connectivity index (χ4n) is 5.38. The Morgan fingerprint density at radius 1 is 1.36 bits per heavy atom. The Morgan fingerprint density at radius 2 is 2.14 bits per heavy atom. The molecule has 1 spiro atoms. The van der Waals surface area contributed by atoms with Gasteiger partial charge in [-0.3, -0.25) is 9.59 Å². The third-order valence-corrected chi connectivity index (χ3v) is 6.44. The molecule has 5 saturated heterocycles. The minimum atomic E-state index is -0.912. The quantitative estimate of drug-likeness (QED) is 0.724. The molecule has 0 aromatic heterocycles. The molecule has 6 nitrogen and oxygen atoms in total. The van der Waals surface area contributed by atoms with Crippen molar-refractivity contribution >= 4 is 11.9 Å². The number of hydrogen-bond acceptors (Lipinski definition) is 4. The zero-order valence-electron chi connectivity index (χ0n) is 12.4. The number of carbonyl (C=O) groups is 2. The van der Waals surface area contributed by atoms with Crippen LogP contribution in [0.5, 0.6) is 0 Å². The van der Waals surface area contributed by atoms with E-state index < -0.39 is 29.5 Å². The van der Waals surface area contributed by atoms with Crippen LogP contribution in [0.25, 0.3) is 0 Å². The monoisotopic (exact) mass is 304 g/mol. The minimum Gasteiger partial charge on any atom is -0.481 e. The lowest BCUT2D eigenvalue weighted by molar-refractivity contribution is -0.149. The maximum Gasteiger partial charge on any atom is 0.310 e. The number of hydrogen-bond donors (Lipinski definition) is 1. The van der Waals surface area contributed by atoms with Crippen LogP contribution in [0.1, 0.15) is 12.8 Å². The van der Waals surface area contributed by atoms with E-state index in [1.54, 1.807) is 0 Å². The lowest BCUT2D eigenvalue weighted by Gasteiger charge is -2.48. The van der Waals surface area contributed by atoms with Crippen LogP contribution in [0.2, 0.25) is 0 Å². The van der Waals surface area contributed by atoms with Gasteiger partial charge in [0, 0.05) is 12.6 Å². The molecule has 6 rings (SSSR count).